The van der Waals surface area contributed by atoms with Crippen LogP contribution in [-0.4, -0.2) is 6.98 Å². The Morgan fingerprint density at radius 1 is 1.21 bits per heavy atom. The molecular weight excluding hydrogens is 195 g/mol. The molecule has 0 amide bonds. The van der Waals surface area contributed by atoms with E-state index in [0.29, 0.717) is 5.56 Å². The molecule has 1 aliphatic carbocycles. The van der Waals surface area contributed by atoms with Gasteiger partial charge in [0.1, 0.15) is 5.82 Å². The number of hydrogen-bond donors (Lipinski definition) is 0. The second-order valence-corrected chi connectivity index (χ2v) is 3.69. The van der Waals surface area contributed by atoms with Crippen LogP contribution in [0, 0.1) is 5.82 Å². The number of halogens is 4. The summed E-state index contributed by atoms with van der Waals surface area (Å²) >= 11 is 0. The zero-order valence-corrected chi connectivity index (χ0v) is 7.26. The largest absolute Gasteiger partial charge is 0.481 e. The van der Waals surface area contributed by atoms with E-state index in [0.717, 1.165) is 0 Å². The second kappa shape index (κ2) is 3.00. The summed E-state index contributed by atoms with van der Waals surface area (Å²) in [4.78, 5) is 0. The maximum Gasteiger partial charge on any atom is 0.481 e. The third-order valence-corrected chi connectivity index (χ3v) is 2.60. The van der Waals surface area contributed by atoms with E-state index in [4.69, 9.17) is 0 Å². The molecule has 0 heterocycles. The number of rotatable bonds is 2. The molecule has 1 aliphatic rings. The molecule has 0 nitrogen and oxygen atoms in total. The zero-order chi connectivity index (χ0) is 10.3. The van der Waals surface area contributed by atoms with Gasteiger partial charge in [-0.1, -0.05) is 24.4 Å². The molecule has 1 aromatic carbocycles. The van der Waals surface area contributed by atoms with Crippen LogP contribution in [0.2, 0.25) is 5.82 Å². The standard InChI is InChI=1S/C9H8BF4/c11-7-3-1-2-6(4-7)8-5-9(8)10(12,13)14/h1-4,8-9H,5H2/q-1/t8-,9-/m0/s1. The molecule has 0 radical (unpaired) electrons. The van der Waals surface area contributed by atoms with E-state index in [1.165, 1.54) is 18.2 Å². The van der Waals surface area contributed by atoms with Crippen molar-refractivity contribution in [3.05, 3.63) is 35.6 Å². The topological polar surface area (TPSA) is 0 Å². The van der Waals surface area contributed by atoms with Gasteiger partial charge in [0.15, 0.2) is 0 Å². The first-order valence-electron chi connectivity index (χ1n) is 4.44. The molecule has 1 aromatic rings. The van der Waals surface area contributed by atoms with E-state index in [1.54, 1.807) is 6.07 Å². The summed E-state index contributed by atoms with van der Waals surface area (Å²) in [5.41, 5.74) is 0.467. The first kappa shape index (κ1) is 9.56. The smallest absolute Gasteiger partial charge is 0.449 e. The van der Waals surface area contributed by atoms with Crippen molar-refractivity contribution in [3.63, 3.8) is 0 Å². The van der Waals surface area contributed by atoms with E-state index in [2.05, 4.69) is 0 Å². The van der Waals surface area contributed by atoms with Crippen molar-refractivity contribution in [2.24, 2.45) is 0 Å². The normalized spacial score (nSPS) is 26.3. The second-order valence-electron chi connectivity index (χ2n) is 3.69. The summed E-state index contributed by atoms with van der Waals surface area (Å²) in [5.74, 6) is -2.19. The van der Waals surface area contributed by atoms with E-state index in [-0.39, 0.29) is 6.42 Å². The minimum absolute atomic E-state index is 0.118. The molecule has 76 valence electrons. The van der Waals surface area contributed by atoms with Gasteiger partial charge < -0.3 is 12.9 Å². The Morgan fingerprint density at radius 3 is 2.43 bits per heavy atom. The van der Waals surface area contributed by atoms with E-state index < -0.39 is 24.5 Å². The van der Waals surface area contributed by atoms with Crippen molar-refractivity contribution in [2.75, 3.05) is 0 Å². The molecule has 0 unspecified atom stereocenters. The fourth-order valence-corrected chi connectivity index (χ4v) is 1.75. The van der Waals surface area contributed by atoms with Crippen molar-refractivity contribution in [1.29, 1.82) is 0 Å². The lowest BCUT2D eigenvalue weighted by atomic mass is 9.81. The highest BCUT2D eigenvalue weighted by molar-refractivity contribution is 6.61. The van der Waals surface area contributed by atoms with Crippen LogP contribution in [0.3, 0.4) is 0 Å². The predicted molar refractivity (Wildman–Crippen MR) is 46.6 cm³/mol. The first-order valence-corrected chi connectivity index (χ1v) is 4.44. The first-order chi connectivity index (χ1) is 6.48. The van der Waals surface area contributed by atoms with Crippen LogP contribution in [0.15, 0.2) is 24.3 Å². The van der Waals surface area contributed by atoms with Gasteiger partial charge in [-0.05, 0) is 23.6 Å². The van der Waals surface area contributed by atoms with Crippen molar-refractivity contribution in [2.45, 2.75) is 18.2 Å². The van der Waals surface area contributed by atoms with Crippen molar-refractivity contribution in [1.82, 2.24) is 0 Å². The lowest BCUT2D eigenvalue weighted by molar-refractivity contribution is 0.463. The monoisotopic (exact) mass is 203 g/mol. The number of hydrogen-bond acceptors (Lipinski definition) is 0. The molecular formula is C9H8BF4-. The number of benzene rings is 1. The molecule has 0 aromatic heterocycles. The van der Waals surface area contributed by atoms with Gasteiger partial charge >= 0.3 is 6.98 Å². The average molecular weight is 203 g/mol. The summed E-state index contributed by atoms with van der Waals surface area (Å²) in [6, 6.07) is 5.42. The Kier molecular flexibility index (Phi) is 2.05. The van der Waals surface area contributed by atoms with Gasteiger partial charge in [0.25, 0.3) is 0 Å². The highest BCUT2D eigenvalue weighted by Crippen LogP contribution is 2.59. The van der Waals surface area contributed by atoms with Crippen LogP contribution in [0.1, 0.15) is 17.9 Å². The minimum Gasteiger partial charge on any atom is -0.449 e. The van der Waals surface area contributed by atoms with E-state index in [1.807, 2.05) is 0 Å². The fourth-order valence-electron chi connectivity index (χ4n) is 1.75. The van der Waals surface area contributed by atoms with Gasteiger partial charge in [-0.2, -0.15) is 0 Å². The maximum atomic E-state index is 12.7. The maximum absolute atomic E-state index is 12.7. The highest BCUT2D eigenvalue weighted by Gasteiger charge is 2.51. The fraction of sp³-hybridized carbons (Fsp3) is 0.333. The van der Waals surface area contributed by atoms with Crippen LogP contribution < -0.4 is 0 Å². The van der Waals surface area contributed by atoms with Gasteiger partial charge in [0, 0.05) is 0 Å². The van der Waals surface area contributed by atoms with Crippen LogP contribution >= 0.6 is 0 Å². The van der Waals surface area contributed by atoms with E-state index in [9.17, 15) is 17.3 Å². The minimum atomic E-state index is -4.76. The molecule has 1 saturated carbocycles. The van der Waals surface area contributed by atoms with Gasteiger partial charge in [-0.25, -0.2) is 4.39 Å². The lowest BCUT2D eigenvalue weighted by Crippen LogP contribution is -2.15. The molecule has 0 spiro atoms. The Hall–Kier alpha value is -0.995. The Bertz CT molecular complexity index is 347. The summed E-state index contributed by atoms with van der Waals surface area (Å²) in [7, 11) is 0. The van der Waals surface area contributed by atoms with Crippen LogP contribution in [-0.2, 0) is 0 Å². The molecule has 14 heavy (non-hydrogen) atoms. The summed E-state index contributed by atoms with van der Waals surface area (Å²) in [6.07, 6.45) is 0.118. The third kappa shape index (κ3) is 1.76. The van der Waals surface area contributed by atoms with Crippen molar-refractivity contribution < 1.29 is 17.3 Å². The molecule has 2 rings (SSSR count). The summed E-state index contributed by atoms with van der Waals surface area (Å²) in [6.45, 7) is -4.76. The lowest BCUT2D eigenvalue weighted by Gasteiger charge is -2.12. The van der Waals surface area contributed by atoms with Crippen LogP contribution in [0.4, 0.5) is 17.3 Å². The SMILES string of the molecule is Fc1cccc([C@@H]2C[C@@H]2[B-](F)(F)F)c1. The summed E-state index contributed by atoms with van der Waals surface area (Å²) < 4.78 is 49.4. The molecule has 0 aliphatic heterocycles. The van der Waals surface area contributed by atoms with Crippen LogP contribution in [0.25, 0.3) is 0 Å². The Balaban J connectivity index is 2.14. The zero-order valence-electron chi connectivity index (χ0n) is 7.26. The quantitative estimate of drug-likeness (QED) is 0.509. The molecule has 5 heteroatoms. The Morgan fingerprint density at radius 2 is 1.93 bits per heavy atom. The molecule has 2 atom stereocenters. The van der Waals surface area contributed by atoms with Gasteiger partial charge in [-0.3, -0.25) is 0 Å². The Labute approximate surface area is 79.0 Å². The van der Waals surface area contributed by atoms with E-state index >= 15 is 0 Å². The van der Waals surface area contributed by atoms with Crippen molar-refractivity contribution >= 4 is 6.98 Å². The highest BCUT2D eigenvalue weighted by atomic mass is 19.4. The van der Waals surface area contributed by atoms with Crippen LogP contribution in [0.5, 0.6) is 0 Å². The van der Waals surface area contributed by atoms with Gasteiger partial charge in [0.05, 0.1) is 0 Å². The molecule has 0 saturated heterocycles. The summed E-state index contributed by atoms with van der Waals surface area (Å²) in [5, 5.41) is 0. The predicted octanol–water partition coefficient (Wildman–Crippen LogP) is 3.53. The molecule has 1 fully saturated rings. The molecule has 0 N–H and O–H groups in total. The van der Waals surface area contributed by atoms with Gasteiger partial charge in [0.2, 0.25) is 0 Å². The average Bonchev–Trinajstić information content (AvgIpc) is 2.81. The molecule has 0 bridgehead atoms. The third-order valence-electron chi connectivity index (χ3n) is 2.60. The van der Waals surface area contributed by atoms with Gasteiger partial charge in [-0.15, -0.1) is 0 Å². The van der Waals surface area contributed by atoms with Crippen molar-refractivity contribution in [3.8, 4) is 0 Å².